The highest BCUT2D eigenvalue weighted by atomic mass is 15.0. The molecule has 1 aromatic heterocycles. The predicted molar refractivity (Wildman–Crippen MR) is 72.6 cm³/mol. The van der Waals surface area contributed by atoms with Gasteiger partial charge in [-0.2, -0.15) is 0 Å². The molecule has 3 rings (SSSR count). The highest BCUT2D eigenvalue weighted by Gasteiger charge is 2.26. The summed E-state index contributed by atoms with van der Waals surface area (Å²) in [4.78, 5) is 9.46. The van der Waals surface area contributed by atoms with Crippen molar-refractivity contribution in [2.45, 2.75) is 63.8 Å². The Labute approximate surface area is 109 Å². The number of hydrogen-bond donors (Lipinski definition) is 1. The van der Waals surface area contributed by atoms with E-state index in [0.29, 0.717) is 12.0 Å². The van der Waals surface area contributed by atoms with Gasteiger partial charge in [0.25, 0.3) is 0 Å². The smallest absolute Gasteiger partial charge is 0.131 e. The van der Waals surface area contributed by atoms with Crippen molar-refractivity contribution in [3.8, 4) is 0 Å². The molecule has 1 fully saturated rings. The average Bonchev–Trinajstić information content (AvgIpc) is 2.34. The van der Waals surface area contributed by atoms with E-state index < -0.39 is 0 Å². The van der Waals surface area contributed by atoms with E-state index in [1.165, 1.54) is 49.8 Å². The summed E-state index contributed by atoms with van der Waals surface area (Å²) in [6.45, 7) is 3.31. The second-order valence-electron chi connectivity index (χ2n) is 5.66. The van der Waals surface area contributed by atoms with Crippen molar-refractivity contribution in [2.24, 2.45) is 0 Å². The summed E-state index contributed by atoms with van der Waals surface area (Å²) in [5.41, 5.74) is 2.67. The second kappa shape index (κ2) is 5.35. The van der Waals surface area contributed by atoms with Gasteiger partial charge in [-0.15, -0.1) is 0 Å². The molecule has 0 spiro atoms. The standard InChI is InChI=1S/C15H23N3/c1-2-9-16-13-7-4-8-14-12(13)10-17-15(18-14)11-5-3-6-11/h10-11,13,16H,2-9H2,1H3. The van der Waals surface area contributed by atoms with Crippen LogP contribution in [0, 0.1) is 0 Å². The van der Waals surface area contributed by atoms with Crippen LogP contribution in [0.2, 0.25) is 0 Å². The summed E-state index contributed by atoms with van der Waals surface area (Å²) in [6.07, 6.45) is 10.9. The van der Waals surface area contributed by atoms with Gasteiger partial charge in [-0.05, 0) is 45.1 Å². The minimum atomic E-state index is 0.490. The fourth-order valence-electron chi connectivity index (χ4n) is 2.96. The highest BCUT2D eigenvalue weighted by Crippen LogP contribution is 2.36. The summed E-state index contributed by atoms with van der Waals surface area (Å²) < 4.78 is 0. The Morgan fingerprint density at radius 3 is 2.89 bits per heavy atom. The Kier molecular flexibility index (Phi) is 3.59. The van der Waals surface area contributed by atoms with E-state index in [1.807, 2.05) is 0 Å². The number of rotatable bonds is 4. The molecule has 0 aliphatic heterocycles. The monoisotopic (exact) mass is 245 g/mol. The van der Waals surface area contributed by atoms with Crippen molar-refractivity contribution in [3.63, 3.8) is 0 Å². The summed E-state index contributed by atoms with van der Waals surface area (Å²) in [6, 6.07) is 0.490. The summed E-state index contributed by atoms with van der Waals surface area (Å²) in [7, 11) is 0. The summed E-state index contributed by atoms with van der Waals surface area (Å²) in [5.74, 6) is 1.76. The van der Waals surface area contributed by atoms with Crippen LogP contribution >= 0.6 is 0 Å². The number of nitrogens with zero attached hydrogens (tertiary/aromatic N) is 2. The lowest BCUT2D eigenvalue weighted by atomic mass is 9.84. The zero-order chi connectivity index (χ0) is 12.4. The van der Waals surface area contributed by atoms with Crippen LogP contribution in [0.25, 0.3) is 0 Å². The summed E-state index contributed by atoms with van der Waals surface area (Å²) >= 11 is 0. The number of aromatic nitrogens is 2. The zero-order valence-corrected chi connectivity index (χ0v) is 11.3. The van der Waals surface area contributed by atoms with E-state index >= 15 is 0 Å². The molecular formula is C15H23N3. The van der Waals surface area contributed by atoms with E-state index in [4.69, 9.17) is 4.98 Å². The molecule has 18 heavy (non-hydrogen) atoms. The number of aryl methyl sites for hydroxylation is 1. The van der Waals surface area contributed by atoms with Crippen LogP contribution in [0.1, 0.15) is 74.5 Å². The normalized spacial score (nSPS) is 23.5. The molecule has 1 aromatic rings. The van der Waals surface area contributed by atoms with Crippen molar-refractivity contribution in [3.05, 3.63) is 23.3 Å². The van der Waals surface area contributed by atoms with Gasteiger partial charge in [0.15, 0.2) is 0 Å². The molecule has 1 heterocycles. The van der Waals surface area contributed by atoms with E-state index in [0.717, 1.165) is 18.8 Å². The average molecular weight is 245 g/mol. The Balaban J connectivity index is 1.79. The second-order valence-corrected chi connectivity index (χ2v) is 5.66. The van der Waals surface area contributed by atoms with Crippen LogP contribution < -0.4 is 5.32 Å². The van der Waals surface area contributed by atoms with Crippen LogP contribution in [-0.4, -0.2) is 16.5 Å². The van der Waals surface area contributed by atoms with Crippen molar-refractivity contribution in [1.82, 2.24) is 15.3 Å². The van der Waals surface area contributed by atoms with Gasteiger partial charge in [0.2, 0.25) is 0 Å². The maximum absolute atomic E-state index is 4.84. The predicted octanol–water partition coefficient (Wildman–Crippen LogP) is 3.12. The van der Waals surface area contributed by atoms with Crippen molar-refractivity contribution in [1.29, 1.82) is 0 Å². The Bertz CT molecular complexity index is 412. The molecule has 3 nitrogen and oxygen atoms in total. The van der Waals surface area contributed by atoms with Crippen LogP contribution in [0.15, 0.2) is 6.20 Å². The Morgan fingerprint density at radius 1 is 1.28 bits per heavy atom. The first-order valence-electron chi connectivity index (χ1n) is 7.47. The van der Waals surface area contributed by atoms with Crippen LogP contribution in [0.4, 0.5) is 0 Å². The van der Waals surface area contributed by atoms with Gasteiger partial charge in [-0.3, -0.25) is 0 Å². The molecule has 0 bridgehead atoms. The molecule has 3 heteroatoms. The van der Waals surface area contributed by atoms with Gasteiger partial charge in [0, 0.05) is 29.4 Å². The van der Waals surface area contributed by atoms with Crippen molar-refractivity contribution >= 4 is 0 Å². The molecular weight excluding hydrogens is 222 g/mol. The topological polar surface area (TPSA) is 37.8 Å². The Morgan fingerprint density at radius 2 is 2.17 bits per heavy atom. The Hall–Kier alpha value is -0.960. The first kappa shape index (κ1) is 12.1. The van der Waals surface area contributed by atoms with E-state index in [-0.39, 0.29) is 0 Å². The fourth-order valence-corrected chi connectivity index (χ4v) is 2.96. The van der Waals surface area contributed by atoms with Gasteiger partial charge >= 0.3 is 0 Å². The van der Waals surface area contributed by atoms with Crippen LogP contribution in [0.5, 0.6) is 0 Å². The number of fused-ring (bicyclic) bond motifs is 1. The molecule has 1 N–H and O–H groups in total. The van der Waals surface area contributed by atoms with E-state index in [1.54, 1.807) is 0 Å². The van der Waals surface area contributed by atoms with Gasteiger partial charge in [-0.1, -0.05) is 13.3 Å². The lowest BCUT2D eigenvalue weighted by Crippen LogP contribution is -2.27. The first-order chi connectivity index (χ1) is 8.88. The molecule has 0 aromatic carbocycles. The zero-order valence-electron chi connectivity index (χ0n) is 11.3. The fraction of sp³-hybridized carbons (Fsp3) is 0.733. The first-order valence-corrected chi connectivity index (χ1v) is 7.47. The largest absolute Gasteiger partial charge is 0.310 e. The molecule has 1 atom stereocenters. The van der Waals surface area contributed by atoms with Gasteiger partial charge in [-0.25, -0.2) is 9.97 Å². The number of nitrogens with one attached hydrogen (secondary N) is 1. The van der Waals surface area contributed by atoms with Gasteiger partial charge in [0.05, 0.1) is 0 Å². The third-order valence-electron chi connectivity index (χ3n) is 4.31. The molecule has 2 aliphatic carbocycles. The molecule has 1 unspecified atom stereocenters. The molecule has 1 saturated carbocycles. The maximum Gasteiger partial charge on any atom is 0.131 e. The third kappa shape index (κ3) is 2.28. The highest BCUT2D eigenvalue weighted by molar-refractivity contribution is 5.25. The van der Waals surface area contributed by atoms with Crippen LogP contribution in [-0.2, 0) is 6.42 Å². The quantitative estimate of drug-likeness (QED) is 0.885. The maximum atomic E-state index is 4.84. The van der Waals surface area contributed by atoms with Gasteiger partial charge < -0.3 is 5.32 Å². The van der Waals surface area contributed by atoms with Gasteiger partial charge in [0.1, 0.15) is 5.82 Å². The molecule has 0 saturated heterocycles. The molecule has 0 radical (unpaired) electrons. The third-order valence-corrected chi connectivity index (χ3v) is 4.31. The van der Waals surface area contributed by atoms with Crippen molar-refractivity contribution in [2.75, 3.05) is 6.54 Å². The number of hydrogen-bond acceptors (Lipinski definition) is 3. The molecule has 2 aliphatic rings. The van der Waals surface area contributed by atoms with E-state index in [2.05, 4.69) is 23.4 Å². The minimum Gasteiger partial charge on any atom is -0.310 e. The SMILES string of the molecule is CCCNC1CCCc2nc(C3CCC3)ncc21. The lowest BCUT2D eigenvalue weighted by Gasteiger charge is -2.28. The molecule has 0 amide bonds. The van der Waals surface area contributed by atoms with Crippen molar-refractivity contribution < 1.29 is 0 Å². The summed E-state index contributed by atoms with van der Waals surface area (Å²) in [5, 5.41) is 3.62. The van der Waals surface area contributed by atoms with E-state index in [9.17, 15) is 0 Å². The lowest BCUT2D eigenvalue weighted by molar-refractivity contribution is 0.394. The molecule has 98 valence electrons. The minimum absolute atomic E-state index is 0.490. The van der Waals surface area contributed by atoms with Crippen LogP contribution in [0.3, 0.4) is 0 Å².